The van der Waals surface area contributed by atoms with Crippen LogP contribution >= 0.6 is 0 Å². The highest BCUT2D eigenvalue weighted by molar-refractivity contribution is 7.89. The standard InChI is InChI=1S/C14H21NO4S/c1-11(2)15(9-10-19-4)20(17,18)14-7-5-13(6-8-14)12(3)16/h5-8,11H,9-10H2,1-4H3. The van der Waals surface area contributed by atoms with Crippen LogP contribution in [0.5, 0.6) is 0 Å². The predicted molar refractivity (Wildman–Crippen MR) is 77.4 cm³/mol. The Morgan fingerprint density at radius 2 is 1.80 bits per heavy atom. The van der Waals surface area contributed by atoms with Gasteiger partial charge in [0.05, 0.1) is 11.5 Å². The molecule has 0 atom stereocenters. The summed E-state index contributed by atoms with van der Waals surface area (Å²) in [5.41, 5.74) is 0.497. The third-order valence-electron chi connectivity index (χ3n) is 2.96. The number of hydrogen-bond donors (Lipinski definition) is 0. The van der Waals surface area contributed by atoms with Crippen LogP contribution in [-0.2, 0) is 14.8 Å². The molecule has 0 aliphatic heterocycles. The predicted octanol–water partition coefficient (Wildman–Crippen LogP) is 1.93. The Kier molecular flexibility index (Phi) is 5.86. The van der Waals surface area contributed by atoms with Gasteiger partial charge in [0.2, 0.25) is 10.0 Å². The van der Waals surface area contributed by atoms with Crippen LogP contribution in [0, 0.1) is 0 Å². The lowest BCUT2D eigenvalue weighted by atomic mass is 10.2. The van der Waals surface area contributed by atoms with E-state index in [-0.39, 0.29) is 16.7 Å². The number of sulfonamides is 1. The minimum atomic E-state index is -3.57. The lowest BCUT2D eigenvalue weighted by Gasteiger charge is -2.25. The van der Waals surface area contributed by atoms with E-state index < -0.39 is 10.0 Å². The summed E-state index contributed by atoms with van der Waals surface area (Å²) in [4.78, 5) is 11.4. The maximum Gasteiger partial charge on any atom is 0.243 e. The molecule has 20 heavy (non-hydrogen) atoms. The molecule has 112 valence electrons. The fourth-order valence-electron chi connectivity index (χ4n) is 1.83. The SMILES string of the molecule is COCCN(C(C)C)S(=O)(=O)c1ccc(C(C)=O)cc1. The van der Waals surface area contributed by atoms with Crippen molar-refractivity contribution in [2.24, 2.45) is 0 Å². The van der Waals surface area contributed by atoms with Crippen LogP contribution in [0.25, 0.3) is 0 Å². The van der Waals surface area contributed by atoms with Gasteiger partial charge in [-0.15, -0.1) is 0 Å². The highest BCUT2D eigenvalue weighted by atomic mass is 32.2. The fourth-order valence-corrected chi connectivity index (χ4v) is 3.45. The number of ketones is 1. The number of benzene rings is 1. The molecule has 0 saturated carbocycles. The summed E-state index contributed by atoms with van der Waals surface area (Å²) in [7, 11) is -2.04. The van der Waals surface area contributed by atoms with Crippen molar-refractivity contribution in [1.82, 2.24) is 4.31 Å². The maximum atomic E-state index is 12.5. The van der Waals surface area contributed by atoms with Crippen LogP contribution in [0.3, 0.4) is 0 Å². The first kappa shape index (κ1) is 16.8. The zero-order valence-corrected chi connectivity index (χ0v) is 13.1. The number of methoxy groups -OCH3 is 1. The van der Waals surface area contributed by atoms with Gasteiger partial charge in [0.25, 0.3) is 0 Å². The Hall–Kier alpha value is -1.24. The van der Waals surface area contributed by atoms with Crippen molar-refractivity contribution in [3.8, 4) is 0 Å². The van der Waals surface area contributed by atoms with Crippen LogP contribution in [0.2, 0.25) is 0 Å². The molecule has 0 aliphatic carbocycles. The van der Waals surface area contributed by atoms with Crippen molar-refractivity contribution >= 4 is 15.8 Å². The number of carbonyl (C=O) groups is 1. The summed E-state index contributed by atoms with van der Waals surface area (Å²) in [6, 6.07) is 5.83. The van der Waals surface area contributed by atoms with Crippen molar-refractivity contribution in [1.29, 1.82) is 0 Å². The van der Waals surface area contributed by atoms with Gasteiger partial charge in [-0.05, 0) is 32.9 Å². The van der Waals surface area contributed by atoms with Gasteiger partial charge in [0.1, 0.15) is 0 Å². The molecule has 0 heterocycles. The van der Waals surface area contributed by atoms with Gasteiger partial charge >= 0.3 is 0 Å². The summed E-state index contributed by atoms with van der Waals surface area (Å²) in [5.74, 6) is -0.0888. The Balaban J connectivity index is 3.09. The highest BCUT2D eigenvalue weighted by Gasteiger charge is 2.26. The van der Waals surface area contributed by atoms with Gasteiger partial charge in [-0.25, -0.2) is 8.42 Å². The van der Waals surface area contributed by atoms with Gasteiger partial charge < -0.3 is 4.74 Å². The summed E-state index contributed by atoms with van der Waals surface area (Å²) >= 11 is 0. The zero-order valence-electron chi connectivity index (χ0n) is 12.3. The molecule has 6 heteroatoms. The topological polar surface area (TPSA) is 63.7 Å². The van der Waals surface area contributed by atoms with Crippen molar-refractivity contribution in [2.75, 3.05) is 20.3 Å². The Morgan fingerprint density at radius 3 is 2.20 bits per heavy atom. The normalized spacial score (nSPS) is 12.1. The molecule has 0 saturated heterocycles. The number of carbonyl (C=O) groups excluding carboxylic acids is 1. The van der Waals surface area contributed by atoms with E-state index in [0.717, 1.165) is 0 Å². The average molecular weight is 299 g/mol. The van der Waals surface area contributed by atoms with Gasteiger partial charge in [-0.1, -0.05) is 12.1 Å². The molecule has 0 amide bonds. The van der Waals surface area contributed by atoms with E-state index >= 15 is 0 Å². The Bertz CT molecular complexity index is 549. The van der Waals surface area contributed by atoms with Crippen LogP contribution in [0.4, 0.5) is 0 Å². The van der Waals surface area contributed by atoms with Gasteiger partial charge in [-0.3, -0.25) is 4.79 Å². The monoisotopic (exact) mass is 299 g/mol. The Labute approximate surface area is 120 Å². The van der Waals surface area contributed by atoms with Crippen molar-refractivity contribution < 1.29 is 17.9 Å². The second-order valence-corrected chi connectivity index (χ2v) is 6.67. The average Bonchev–Trinajstić information content (AvgIpc) is 2.38. The molecule has 0 unspecified atom stereocenters. The smallest absolute Gasteiger partial charge is 0.243 e. The van der Waals surface area contributed by atoms with Gasteiger partial charge in [-0.2, -0.15) is 4.31 Å². The van der Waals surface area contributed by atoms with E-state index in [1.807, 2.05) is 13.8 Å². The number of rotatable bonds is 7. The summed E-state index contributed by atoms with van der Waals surface area (Å²) in [6.45, 7) is 5.71. The van der Waals surface area contributed by atoms with Crippen LogP contribution < -0.4 is 0 Å². The summed E-state index contributed by atoms with van der Waals surface area (Å²) in [5, 5.41) is 0. The molecular formula is C14H21NO4S. The number of hydrogen-bond acceptors (Lipinski definition) is 4. The van der Waals surface area contributed by atoms with Crippen molar-refractivity contribution in [2.45, 2.75) is 31.7 Å². The van der Waals surface area contributed by atoms with E-state index in [0.29, 0.717) is 18.7 Å². The summed E-state index contributed by atoms with van der Waals surface area (Å²) < 4.78 is 31.4. The lowest BCUT2D eigenvalue weighted by molar-refractivity contribution is 0.101. The van der Waals surface area contributed by atoms with Crippen LogP contribution in [-0.4, -0.2) is 44.8 Å². The molecule has 1 aromatic rings. The van der Waals surface area contributed by atoms with E-state index in [2.05, 4.69) is 0 Å². The molecule has 0 aromatic heterocycles. The van der Waals surface area contributed by atoms with Gasteiger partial charge in [0, 0.05) is 25.3 Å². The Morgan fingerprint density at radius 1 is 1.25 bits per heavy atom. The third-order valence-corrected chi connectivity index (χ3v) is 5.05. The third kappa shape index (κ3) is 3.88. The first-order valence-electron chi connectivity index (χ1n) is 6.42. The lowest BCUT2D eigenvalue weighted by Crippen LogP contribution is -2.39. The maximum absolute atomic E-state index is 12.5. The molecule has 1 aromatic carbocycles. The molecule has 0 spiro atoms. The molecule has 1 rings (SSSR count). The molecule has 0 aliphatic rings. The number of Topliss-reactive ketones (excluding diaryl/α,β-unsaturated/α-hetero) is 1. The van der Waals surface area contributed by atoms with Crippen molar-refractivity contribution in [3.63, 3.8) is 0 Å². The van der Waals surface area contributed by atoms with E-state index in [9.17, 15) is 13.2 Å². The molecule has 5 nitrogen and oxygen atoms in total. The fraction of sp³-hybridized carbons (Fsp3) is 0.500. The van der Waals surface area contributed by atoms with E-state index in [1.165, 1.54) is 42.6 Å². The first-order valence-corrected chi connectivity index (χ1v) is 7.86. The summed E-state index contributed by atoms with van der Waals surface area (Å²) in [6.07, 6.45) is 0. The molecule has 0 fully saturated rings. The van der Waals surface area contributed by atoms with Crippen LogP contribution in [0.1, 0.15) is 31.1 Å². The van der Waals surface area contributed by atoms with E-state index in [4.69, 9.17) is 4.74 Å². The number of nitrogens with zero attached hydrogens (tertiary/aromatic N) is 1. The zero-order chi connectivity index (χ0) is 15.3. The first-order chi connectivity index (χ1) is 9.30. The molecule has 0 radical (unpaired) electrons. The van der Waals surface area contributed by atoms with E-state index in [1.54, 1.807) is 0 Å². The van der Waals surface area contributed by atoms with Gasteiger partial charge in [0.15, 0.2) is 5.78 Å². The second kappa shape index (κ2) is 6.97. The van der Waals surface area contributed by atoms with Crippen molar-refractivity contribution in [3.05, 3.63) is 29.8 Å². The minimum absolute atomic E-state index is 0.0888. The largest absolute Gasteiger partial charge is 0.383 e. The molecular weight excluding hydrogens is 278 g/mol. The number of ether oxygens (including phenoxy) is 1. The highest BCUT2D eigenvalue weighted by Crippen LogP contribution is 2.18. The second-order valence-electron chi connectivity index (χ2n) is 4.78. The molecule has 0 N–H and O–H groups in total. The van der Waals surface area contributed by atoms with Crippen LogP contribution in [0.15, 0.2) is 29.2 Å². The minimum Gasteiger partial charge on any atom is -0.383 e. The quantitative estimate of drug-likeness (QED) is 0.722. The molecule has 0 bridgehead atoms.